The fourth-order valence-corrected chi connectivity index (χ4v) is 1.81. The minimum atomic E-state index is -0.485. The van der Waals surface area contributed by atoms with Crippen molar-refractivity contribution in [2.45, 2.75) is 0 Å². The van der Waals surface area contributed by atoms with E-state index in [-0.39, 0.29) is 27.3 Å². The summed E-state index contributed by atoms with van der Waals surface area (Å²) in [6, 6.07) is 5.71. The van der Waals surface area contributed by atoms with Gasteiger partial charge in [0.2, 0.25) is 0 Å². The first-order valence-electron chi connectivity index (χ1n) is 4.81. The van der Waals surface area contributed by atoms with E-state index in [2.05, 4.69) is 10.3 Å². The number of carbonyl (C=O) groups excluding carboxylic acids is 1. The molecule has 2 rings (SSSR count). The van der Waals surface area contributed by atoms with Crippen LogP contribution in [-0.4, -0.2) is 16.0 Å². The molecule has 94 valence electrons. The minimum Gasteiger partial charge on any atom is -0.506 e. The average molecular weight is 306 g/mol. The summed E-state index contributed by atoms with van der Waals surface area (Å²) in [4.78, 5) is 14.4. The summed E-state index contributed by atoms with van der Waals surface area (Å²) in [6.45, 7) is 0. The van der Waals surface area contributed by atoms with Crippen LogP contribution in [-0.2, 0) is 0 Å². The lowest BCUT2D eigenvalue weighted by Crippen LogP contribution is -2.12. The number of halogens is 3. The van der Waals surface area contributed by atoms with E-state index in [4.69, 9.17) is 34.8 Å². The van der Waals surface area contributed by atoms with Crippen LogP contribution in [0.2, 0.25) is 15.2 Å². The van der Waals surface area contributed by atoms with Crippen molar-refractivity contribution in [1.82, 2.24) is 4.98 Å². The molecule has 0 aliphatic rings. The zero-order valence-corrected chi connectivity index (χ0v) is 11.1. The van der Waals surface area contributed by atoms with Gasteiger partial charge in [-0.05, 0) is 24.3 Å². The summed E-state index contributed by atoms with van der Waals surface area (Å²) < 4.78 is 0. The number of rotatable bonds is 2. The summed E-state index contributed by atoms with van der Waals surface area (Å²) in [7, 11) is 0. The summed E-state index contributed by atoms with van der Waals surface area (Å²) in [6.07, 6.45) is 0. The zero-order chi connectivity index (χ0) is 13.3. The average Bonchev–Trinajstić information content (AvgIpc) is 2.64. The van der Waals surface area contributed by atoms with E-state index in [9.17, 15) is 9.90 Å². The topological polar surface area (TPSA) is 65.1 Å². The molecule has 1 heterocycles. The lowest BCUT2D eigenvalue weighted by molar-refractivity contribution is 0.102. The molecule has 0 aliphatic carbocycles. The molecule has 0 bridgehead atoms. The number of hydrogen-bond donors (Lipinski definition) is 3. The van der Waals surface area contributed by atoms with E-state index in [1.165, 1.54) is 24.3 Å². The van der Waals surface area contributed by atoms with Crippen LogP contribution in [0.4, 0.5) is 5.69 Å². The van der Waals surface area contributed by atoms with Gasteiger partial charge in [0.1, 0.15) is 16.6 Å². The molecule has 1 amide bonds. The Morgan fingerprint density at radius 1 is 1.22 bits per heavy atom. The number of aromatic nitrogens is 1. The number of phenolic OH excluding ortho intramolecular Hbond substituents is 1. The maximum atomic E-state index is 11.8. The number of phenols is 1. The van der Waals surface area contributed by atoms with Gasteiger partial charge in [0.15, 0.2) is 0 Å². The van der Waals surface area contributed by atoms with Crippen molar-refractivity contribution in [3.63, 3.8) is 0 Å². The first kappa shape index (κ1) is 13.1. The second-order valence-electron chi connectivity index (χ2n) is 3.46. The van der Waals surface area contributed by atoms with Gasteiger partial charge in [-0.25, -0.2) is 0 Å². The third-order valence-electron chi connectivity index (χ3n) is 2.18. The predicted octanol–water partition coefficient (Wildman–Crippen LogP) is 3.93. The number of anilines is 1. The molecule has 7 heteroatoms. The van der Waals surface area contributed by atoms with E-state index in [1.54, 1.807) is 0 Å². The monoisotopic (exact) mass is 304 g/mol. The zero-order valence-electron chi connectivity index (χ0n) is 8.80. The Balaban J connectivity index is 2.23. The molecule has 4 nitrogen and oxygen atoms in total. The molecule has 1 aromatic carbocycles. The van der Waals surface area contributed by atoms with Crippen molar-refractivity contribution in [1.29, 1.82) is 0 Å². The third kappa shape index (κ3) is 2.72. The molecule has 0 unspecified atom stereocenters. The van der Waals surface area contributed by atoms with Crippen LogP contribution in [0.3, 0.4) is 0 Å². The maximum absolute atomic E-state index is 11.8. The number of H-pyrrole nitrogens is 1. The van der Waals surface area contributed by atoms with Crippen LogP contribution in [0.15, 0.2) is 24.3 Å². The highest BCUT2D eigenvalue weighted by molar-refractivity contribution is 6.41. The maximum Gasteiger partial charge on any atom is 0.272 e. The fourth-order valence-electron chi connectivity index (χ4n) is 1.32. The summed E-state index contributed by atoms with van der Waals surface area (Å²) in [5.74, 6) is -0.571. The van der Waals surface area contributed by atoms with E-state index in [1.807, 2.05) is 0 Å². The number of aromatic hydroxyl groups is 1. The Hall–Kier alpha value is -1.36. The second-order valence-corrected chi connectivity index (χ2v) is 4.68. The van der Waals surface area contributed by atoms with Gasteiger partial charge in [-0.1, -0.05) is 34.8 Å². The van der Waals surface area contributed by atoms with E-state index in [0.717, 1.165) is 0 Å². The van der Waals surface area contributed by atoms with Crippen LogP contribution in [0, 0.1) is 0 Å². The highest BCUT2D eigenvalue weighted by Crippen LogP contribution is 2.28. The molecule has 0 fully saturated rings. The normalized spacial score (nSPS) is 10.4. The van der Waals surface area contributed by atoms with Crippen molar-refractivity contribution < 1.29 is 9.90 Å². The Morgan fingerprint density at radius 2 is 1.94 bits per heavy atom. The standard InChI is InChI=1S/C11H7Cl3N2O2/c12-5-1-2-9(17)7(3-5)16-11(18)8-4-6(13)10(14)15-8/h1-4,15,17H,(H,16,18). The summed E-state index contributed by atoms with van der Waals surface area (Å²) in [5.41, 5.74) is 0.388. The summed E-state index contributed by atoms with van der Waals surface area (Å²) >= 11 is 17.2. The number of hydrogen-bond acceptors (Lipinski definition) is 2. The van der Waals surface area contributed by atoms with Gasteiger partial charge in [0, 0.05) is 5.02 Å². The largest absolute Gasteiger partial charge is 0.506 e. The van der Waals surface area contributed by atoms with E-state index >= 15 is 0 Å². The molecule has 0 atom stereocenters. The molecule has 1 aromatic heterocycles. The molecule has 0 saturated carbocycles. The van der Waals surface area contributed by atoms with Crippen LogP contribution < -0.4 is 5.32 Å². The lowest BCUT2D eigenvalue weighted by Gasteiger charge is -2.06. The SMILES string of the molecule is O=C(Nc1cc(Cl)ccc1O)c1cc(Cl)c(Cl)[nH]1. The molecule has 0 aliphatic heterocycles. The van der Waals surface area contributed by atoms with E-state index < -0.39 is 5.91 Å². The smallest absolute Gasteiger partial charge is 0.272 e. The molecular formula is C11H7Cl3N2O2. The molecule has 2 aromatic rings. The fraction of sp³-hybridized carbons (Fsp3) is 0. The highest BCUT2D eigenvalue weighted by Gasteiger charge is 2.13. The van der Waals surface area contributed by atoms with Crippen LogP contribution in [0.5, 0.6) is 5.75 Å². The quantitative estimate of drug-likeness (QED) is 0.736. The van der Waals surface area contributed by atoms with Crippen LogP contribution in [0.1, 0.15) is 10.5 Å². The summed E-state index contributed by atoms with van der Waals surface area (Å²) in [5, 5.41) is 12.9. The lowest BCUT2D eigenvalue weighted by atomic mass is 10.3. The number of aromatic amines is 1. The van der Waals surface area contributed by atoms with Crippen molar-refractivity contribution in [3.05, 3.63) is 45.2 Å². The second kappa shape index (κ2) is 5.10. The van der Waals surface area contributed by atoms with Crippen molar-refractivity contribution in [2.75, 3.05) is 5.32 Å². The number of carbonyl (C=O) groups is 1. The van der Waals surface area contributed by atoms with Crippen molar-refractivity contribution >= 4 is 46.4 Å². The van der Waals surface area contributed by atoms with Crippen molar-refractivity contribution in [3.8, 4) is 5.75 Å². The number of amides is 1. The molecule has 0 saturated heterocycles. The van der Waals surface area contributed by atoms with Gasteiger partial charge in [-0.2, -0.15) is 0 Å². The van der Waals surface area contributed by atoms with Crippen molar-refractivity contribution in [2.24, 2.45) is 0 Å². The molecule has 0 radical (unpaired) electrons. The molecule has 18 heavy (non-hydrogen) atoms. The Labute approximate surface area is 117 Å². The van der Waals surface area contributed by atoms with Gasteiger partial charge in [0.05, 0.1) is 10.7 Å². The van der Waals surface area contributed by atoms with Crippen LogP contribution >= 0.6 is 34.8 Å². The first-order valence-corrected chi connectivity index (χ1v) is 5.94. The first-order chi connectivity index (χ1) is 8.47. The van der Waals surface area contributed by atoms with Gasteiger partial charge in [0.25, 0.3) is 5.91 Å². The third-order valence-corrected chi connectivity index (χ3v) is 3.10. The Morgan fingerprint density at radius 3 is 2.56 bits per heavy atom. The highest BCUT2D eigenvalue weighted by atomic mass is 35.5. The van der Waals surface area contributed by atoms with Gasteiger partial charge < -0.3 is 15.4 Å². The molecular weight excluding hydrogens is 298 g/mol. The minimum absolute atomic E-state index is 0.0866. The van der Waals surface area contributed by atoms with Gasteiger partial charge >= 0.3 is 0 Å². The Kier molecular flexibility index (Phi) is 3.71. The van der Waals surface area contributed by atoms with Crippen LogP contribution in [0.25, 0.3) is 0 Å². The molecule has 0 spiro atoms. The van der Waals surface area contributed by atoms with E-state index in [0.29, 0.717) is 5.02 Å². The molecule has 3 N–H and O–H groups in total. The number of nitrogens with one attached hydrogen (secondary N) is 2. The van der Waals surface area contributed by atoms with Gasteiger partial charge in [-0.15, -0.1) is 0 Å². The number of benzene rings is 1. The predicted molar refractivity (Wildman–Crippen MR) is 71.9 cm³/mol. The Bertz CT molecular complexity index is 591. The van der Waals surface area contributed by atoms with Gasteiger partial charge in [-0.3, -0.25) is 4.79 Å².